The largest absolute Gasteiger partial charge is 0.322 e. The van der Waals surface area contributed by atoms with E-state index < -0.39 is 28.8 Å². The molecular weight excluding hydrogens is 428 g/mol. The highest BCUT2D eigenvalue weighted by Gasteiger charge is 2.19. The predicted octanol–water partition coefficient (Wildman–Crippen LogP) is 4.16. The van der Waals surface area contributed by atoms with Crippen molar-refractivity contribution in [1.82, 2.24) is 9.55 Å². The van der Waals surface area contributed by atoms with E-state index in [0.29, 0.717) is 11.3 Å². The van der Waals surface area contributed by atoms with Crippen LogP contribution in [0.1, 0.15) is 27.2 Å². The van der Waals surface area contributed by atoms with Crippen LogP contribution in [0.25, 0.3) is 11.0 Å². The Morgan fingerprint density at radius 1 is 1.00 bits per heavy atom. The first kappa shape index (κ1) is 22.0. The third-order valence-electron chi connectivity index (χ3n) is 5.14. The second-order valence-corrected chi connectivity index (χ2v) is 7.69. The lowest BCUT2D eigenvalue weighted by atomic mass is 10.0. The van der Waals surface area contributed by atoms with Crippen LogP contribution < -0.4 is 10.7 Å². The molecule has 33 heavy (non-hydrogen) atoms. The van der Waals surface area contributed by atoms with Gasteiger partial charge >= 0.3 is 0 Å². The lowest BCUT2D eigenvalue weighted by Gasteiger charge is -2.13. The fraction of sp³-hybridized carbons (Fsp3) is 0.120. The lowest BCUT2D eigenvalue weighted by molar-refractivity contribution is -0.116. The maximum Gasteiger partial charge on any atom is 0.244 e. The number of rotatable bonds is 5. The number of amides is 1. The Hall–Kier alpha value is -4.20. The number of hydrogen-bond donors (Lipinski definition) is 1. The van der Waals surface area contributed by atoms with Crippen molar-refractivity contribution in [3.8, 4) is 0 Å². The Morgan fingerprint density at radius 3 is 2.45 bits per heavy atom. The summed E-state index contributed by atoms with van der Waals surface area (Å²) in [5, 5.41) is 2.48. The highest BCUT2D eigenvalue weighted by Crippen LogP contribution is 2.17. The number of carbonyl (C=O) groups is 2. The van der Waals surface area contributed by atoms with Crippen LogP contribution in [0.15, 0.2) is 65.6 Å². The summed E-state index contributed by atoms with van der Waals surface area (Å²) in [5.74, 6) is -2.67. The first-order valence-electron chi connectivity index (χ1n) is 10.1. The van der Waals surface area contributed by atoms with Crippen molar-refractivity contribution in [1.29, 1.82) is 0 Å². The van der Waals surface area contributed by atoms with Gasteiger partial charge in [0.25, 0.3) is 0 Å². The van der Waals surface area contributed by atoms with Gasteiger partial charge in [-0.2, -0.15) is 0 Å². The van der Waals surface area contributed by atoms with Gasteiger partial charge in [0.2, 0.25) is 11.3 Å². The first-order chi connectivity index (χ1) is 15.7. The van der Waals surface area contributed by atoms with Crippen LogP contribution in [0.3, 0.4) is 0 Å². The summed E-state index contributed by atoms with van der Waals surface area (Å²) in [6.45, 7) is 3.23. The Morgan fingerprint density at radius 2 is 1.73 bits per heavy atom. The molecule has 0 unspecified atom stereocenters. The molecule has 0 aliphatic rings. The molecule has 4 rings (SSSR count). The van der Waals surface area contributed by atoms with Gasteiger partial charge in [-0.25, -0.2) is 13.8 Å². The molecule has 4 aromatic rings. The zero-order valence-electron chi connectivity index (χ0n) is 17.9. The second kappa shape index (κ2) is 8.74. The van der Waals surface area contributed by atoms with Crippen LogP contribution in [0.5, 0.6) is 0 Å². The predicted molar refractivity (Wildman–Crippen MR) is 120 cm³/mol. The van der Waals surface area contributed by atoms with Crippen molar-refractivity contribution in [2.24, 2.45) is 0 Å². The normalized spacial score (nSPS) is 10.9. The molecule has 0 saturated heterocycles. The molecule has 0 saturated carbocycles. The fourth-order valence-corrected chi connectivity index (χ4v) is 3.44. The molecule has 1 amide bonds. The van der Waals surface area contributed by atoms with Gasteiger partial charge in [0.05, 0.1) is 16.6 Å². The van der Waals surface area contributed by atoms with Crippen LogP contribution in [-0.4, -0.2) is 21.2 Å². The number of halogens is 2. The standard InChI is InChI=1S/C25H19F2N3O3/c1-14-3-6-16(7-4-14)23(32)19-12-30(25-18(24(19)33)9-5-15(2)28-25)13-22(31)29-21-11-17(26)8-10-20(21)27/h3-12H,13H2,1-2H3,(H,29,31). The molecule has 2 aromatic carbocycles. The Kier molecular flexibility index (Phi) is 5.83. The van der Waals surface area contributed by atoms with Crippen LogP contribution in [0.4, 0.5) is 14.5 Å². The molecule has 6 nitrogen and oxygen atoms in total. The minimum absolute atomic E-state index is 0.123. The highest BCUT2D eigenvalue weighted by molar-refractivity contribution is 6.10. The number of pyridine rings is 2. The number of ketones is 1. The number of aromatic nitrogens is 2. The highest BCUT2D eigenvalue weighted by atomic mass is 19.1. The Balaban J connectivity index is 1.77. The molecule has 1 N–H and O–H groups in total. The molecule has 0 aliphatic heterocycles. The number of anilines is 1. The average Bonchev–Trinajstić information content (AvgIpc) is 2.78. The zero-order valence-corrected chi connectivity index (χ0v) is 17.9. The molecule has 0 spiro atoms. The topological polar surface area (TPSA) is 81.1 Å². The molecule has 0 bridgehead atoms. The van der Waals surface area contributed by atoms with Crippen molar-refractivity contribution in [2.45, 2.75) is 20.4 Å². The van der Waals surface area contributed by atoms with E-state index in [2.05, 4.69) is 10.3 Å². The number of benzene rings is 2. The monoisotopic (exact) mass is 447 g/mol. The number of carbonyl (C=O) groups excluding carboxylic acids is 2. The zero-order chi connectivity index (χ0) is 23.7. The molecule has 8 heteroatoms. The minimum Gasteiger partial charge on any atom is -0.322 e. The second-order valence-electron chi connectivity index (χ2n) is 7.69. The molecule has 2 heterocycles. The van der Waals surface area contributed by atoms with Crippen LogP contribution >= 0.6 is 0 Å². The number of aryl methyl sites for hydroxylation is 2. The molecule has 2 aromatic heterocycles. The minimum atomic E-state index is -0.793. The van der Waals surface area contributed by atoms with Gasteiger partial charge in [0.1, 0.15) is 23.8 Å². The average molecular weight is 447 g/mol. The van der Waals surface area contributed by atoms with Gasteiger partial charge in [0.15, 0.2) is 5.78 Å². The van der Waals surface area contributed by atoms with Gasteiger partial charge in [0, 0.05) is 23.5 Å². The van der Waals surface area contributed by atoms with E-state index in [1.165, 1.54) is 10.8 Å². The Bertz CT molecular complexity index is 1460. The van der Waals surface area contributed by atoms with E-state index in [0.717, 1.165) is 23.8 Å². The lowest BCUT2D eigenvalue weighted by Crippen LogP contribution is -2.25. The van der Waals surface area contributed by atoms with Crippen molar-refractivity contribution in [3.05, 3.63) is 105 Å². The van der Waals surface area contributed by atoms with Gasteiger partial charge in [-0.15, -0.1) is 0 Å². The quantitative estimate of drug-likeness (QED) is 0.466. The van der Waals surface area contributed by atoms with E-state index in [1.807, 2.05) is 6.92 Å². The maximum atomic E-state index is 13.9. The van der Waals surface area contributed by atoms with E-state index in [9.17, 15) is 23.2 Å². The fourth-order valence-electron chi connectivity index (χ4n) is 3.44. The molecule has 0 fully saturated rings. The molecule has 0 atom stereocenters. The van der Waals surface area contributed by atoms with Gasteiger partial charge in [-0.1, -0.05) is 29.8 Å². The van der Waals surface area contributed by atoms with Crippen LogP contribution in [-0.2, 0) is 11.3 Å². The maximum absolute atomic E-state index is 13.9. The van der Waals surface area contributed by atoms with E-state index in [-0.39, 0.29) is 28.8 Å². The van der Waals surface area contributed by atoms with Crippen molar-refractivity contribution in [3.63, 3.8) is 0 Å². The van der Waals surface area contributed by atoms with Crippen LogP contribution in [0, 0.1) is 25.5 Å². The van der Waals surface area contributed by atoms with Crippen molar-refractivity contribution < 1.29 is 18.4 Å². The first-order valence-corrected chi connectivity index (χ1v) is 10.1. The molecule has 166 valence electrons. The van der Waals surface area contributed by atoms with E-state index in [1.54, 1.807) is 43.3 Å². The van der Waals surface area contributed by atoms with Crippen molar-refractivity contribution in [2.75, 3.05) is 5.32 Å². The number of fused-ring (bicyclic) bond motifs is 1. The summed E-state index contributed by atoms with van der Waals surface area (Å²) in [5.41, 5.74) is 1.15. The summed E-state index contributed by atoms with van der Waals surface area (Å²) in [4.78, 5) is 43.1. The van der Waals surface area contributed by atoms with Gasteiger partial charge < -0.3 is 9.88 Å². The van der Waals surface area contributed by atoms with Crippen LogP contribution in [0.2, 0.25) is 0 Å². The molecule has 0 aliphatic carbocycles. The SMILES string of the molecule is Cc1ccc(C(=O)c2cn(CC(=O)Nc3cc(F)ccc3F)c3nc(C)ccc3c2=O)cc1. The third kappa shape index (κ3) is 4.55. The van der Waals surface area contributed by atoms with Crippen molar-refractivity contribution >= 4 is 28.4 Å². The van der Waals surface area contributed by atoms with E-state index in [4.69, 9.17) is 0 Å². The summed E-state index contributed by atoms with van der Waals surface area (Å²) in [7, 11) is 0. The smallest absolute Gasteiger partial charge is 0.244 e. The molecule has 0 radical (unpaired) electrons. The van der Waals surface area contributed by atoms with Gasteiger partial charge in [-0.05, 0) is 38.1 Å². The third-order valence-corrected chi connectivity index (χ3v) is 5.14. The number of nitrogens with zero attached hydrogens (tertiary/aromatic N) is 2. The summed E-state index contributed by atoms with van der Waals surface area (Å²) >= 11 is 0. The Labute approximate surface area is 187 Å². The number of hydrogen-bond acceptors (Lipinski definition) is 4. The van der Waals surface area contributed by atoms with E-state index >= 15 is 0 Å². The molecular formula is C25H19F2N3O3. The summed E-state index contributed by atoms with van der Waals surface area (Å²) in [6, 6.07) is 12.7. The number of nitrogens with one attached hydrogen (secondary N) is 1. The summed E-state index contributed by atoms with van der Waals surface area (Å²) < 4.78 is 28.7. The summed E-state index contributed by atoms with van der Waals surface area (Å²) in [6.07, 6.45) is 1.28. The van der Waals surface area contributed by atoms with Gasteiger partial charge in [-0.3, -0.25) is 14.4 Å².